The molecule has 4 rings (SSSR count). The Kier molecular flexibility index (Phi) is 5.28. The highest BCUT2D eigenvalue weighted by molar-refractivity contribution is 7.98. The molecule has 1 amide bonds. The molecule has 0 fully saturated rings. The molecule has 144 valence electrons. The van der Waals surface area contributed by atoms with Crippen LogP contribution in [0.2, 0.25) is 5.02 Å². The molecule has 0 spiro atoms. The fraction of sp³-hybridized carbons (Fsp3) is 0.250. The topological polar surface area (TPSA) is 71.8 Å². The van der Waals surface area contributed by atoms with Crippen LogP contribution in [0.25, 0.3) is 0 Å². The molecule has 1 aromatic heterocycles. The van der Waals surface area contributed by atoms with E-state index < -0.39 is 0 Å². The van der Waals surface area contributed by atoms with Crippen LogP contribution in [0, 0.1) is 5.92 Å². The Bertz CT molecular complexity index is 976. The van der Waals surface area contributed by atoms with Crippen molar-refractivity contribution < 1.29 is 4.79 Å². The zero-order valence-electron chi connectivity index (χ0n) is 15.5. The second kappa shape index (κ2) is 7.85. The van der Waals surface area contributed by atoms with E-state index in [0.717, 1.165) is 5.56 Å². The predicted octanol–water partition coefficient (Wildman–Crippen LogP) is 4.31. The molecular formula is C20H20ClN5OS. The number of fused-ring (bicyclic) bond motifs is 1. The van der Waals surface area contributed by atoms with Crippen molar-refractivity contribution in [2.75, 3.05) is 16.9 Å². The van der Waals surface area contributed by atoms with Gasteiger partial charge in [0.25, 0.3) is 0 Å². The van der Waals surface area contributed by atoms with Crippen molar-refractivity contribution in [3.05, 3.63) is 65.2 Å². The second-order valence-corrected chi connectivity index (χ2v) is 7.89. The number of carbonyl (C=O) groups is 1. The van der Waals surface area contributed by atoms with Gasteiger partial charge in [0, 0.05) is 16.8 Å². The molecule has 2 heterocycles. The lowest BCUT2D eigenvalue weighted by Gasteiger charge is -2.36. The van der Waals surface area contributed by atoms with Gasteiger partial charge in [-0.05, 0) is 43.0 Å². The van der Waals surface area contributed by atoms with E-state index in [1.165, 1.54) is 11.8 Å². The van der Waals surface area contributed by atoms with Crippen molar-refractivity contribution >= 4 is 40.9 Å². The Morgan fingerprint density at radius 1 is 1.18 bits per heavy atom. The average molecular weight is 414 g/mol. The summed E-state index contributed by atoms with van der Waals surface area (Å²) in [5.41, 5.74) is 1.73. The minimum Gasteiger partial charge on any atom is -0.351 e. The van der Waals surface area contributed by atoms with Crippen LogP contribution in [-0.4, -0.2) is 33.0 Å². The lowest BCUT2D eigenvalue weighted by Crippen LogP contribution is -2.46. The van der Waals surface area contributed by atoms with Crippen LogP contribution >= 0.6 is 23.4 Å². The molecule has 0 saturated heterocycles. The number of thioether (sulfide) groups is 1. The normalized spacial score (nSPS) is 20.9. The van der Waals surface area contributed by atoms with Crippen LogP contribution in [-0.2, 0) is 4.79 Å². The van der Waals surface area contributed by atoms with E-state index in [4.69, 9.17) is 11.6 Å². The van der Waals surface area contributed by atoms with Gasteiger partial charge in [0.2, 0.25) is 17.0 Å². The maximum Gasteiger partial charge on any atom is 0.232 e. The van der Waals surface area contributed by atoms with Gasteiger partial charge in [-0.25, -0.2) is 4.68 Å². The summed E-state index contributed by atoms with van der Waals surface area (Å²) in [6, 6.07) is 16.7. The fourth-order valence-electron chi connectivity index (χ4n) is 3.53. The molecule has 0 aliphatic carbocycles. The van der Waals surface area contributed by atoms with Crippen LogP contribution < -0.4 is 10.6 Å². The third kappa shape index (κ3) is 3.59. The van der Waals surface area contributed by atoms with E-state index >= 15 is 0 Å². The van der Waals surface area contributed by atoms with E-state index in [2.05, 4.69) is 20.7 Å². The molecule has 2 aromatic carbocycles. The van der Waals surface area contributed by atoms with E-state index in [0.29, 0.717) is 21.8 Å². The molecule has 3 atom stereocenters. The number of nitrogens with one attached hydrogen (secondary N) is 2. The molecular weight excluding hydrogens is 394 g/mol. The number of carbonyl (C=O) groups excluding carboxylic acids is 1. The summed E-state index contributed by atoms with van der Waals surface area (Å²) in [7, 11) is 0. The molecule has 0 radical (unpaired) electrons. The maximum atomic E-state index is 13.3. The number of nitrogens with zero attached hydrogens (tertiary/aromatic N) is 3. The van der Waals surface area contributed by atoms with Crippen molar-refractivity contribution in [1.29, 1.82) is 0 Å². The van der Waals surface area contributed by atoms with Gasteiger partial charge < -0.3 is 10.6 Å². The Labute approximate surface area is 172 Å². The van der Waals surface area contributed by atoms with E-state index in [-0.39, 0.29) is 23.9 Å². The molecule has 6 nitrogen and oxygen atoms in total. The van der Waals surface area contributed by atoms with Gasteiger partial charge in [-0.15, -0.1) is 5.10 Å². The van der Waals surface area contributed by atoms with Gasteiger partial charge in [0.05, 0.1) is 12.0 Å². The molecule has 8 heteroatoms. The highest BCUT2D eigenvalue weighted by atomic mass is 35.5. The van der Waals surface area contributed by atoms with Gasteiger partial charge in [-0.2, -0.15) is 4.98 Å². The molecule has 0 saturated carbocycles. The zero-order chi connectivity index (χ0) is 19.7. The maximum absolute atomic E-state index is 13.3. The summed E-state index contributed by atoms with van der Waals surface area (Å²) in [5.74, 6) is 0.228. The monoisotopic (exact) mass is 413 g/mol. The number of benzene rings is 2. The van der Waals surface area contributed by atoms with Gasteiger partial charge in [-0.3, -0.25) is 4.79 Å². The molecule has 3 aromatic rings. The van der Waals surface area contributed by atoms with E-state index in [1.807, 2.05) is 48.2 Å². The number of anilines is 2. The Balaban J connectivity index is 1.73. The smallest absolute Gasteiger partial charge is 0.232 e. The van der Waals surface area contributed by atoms with E-state index in [1.54, 1.807) is 24.3 Å². The van der Waals surface area contributed by atoms with E-state index in [9.17, 15) is 4.79 Å². The minimum absolute atomic E-state index is 0.0805. The predicted molar refractivity (Wildman–Crippen MR) is 113 cm³/mol. The van der Waals surface area contributed by atoms with Crippen molar-refractivity contribution in [3.8, 4) is 0 Å². The number of hydrogen-bond acceptors (Lipinski definition) is 5. The summed E-state index contributed by atoms with van der Waals surface area (Å²) < 4.78 is 1.83. The number of halogens is 1. The first-order valence-electron chi connectivity index (χ1n) is 8.95. The first-order chi connectivity index (χ1) is 13.6. The summed E-state index contributed by atoms with van der Waals surface area (Å²) in [5, 5.41) is 12.3. The summed E-state index contributed by atoms with van der Waals surface area (Å²) in [4.78, 5) is 17.8. The molecule has 2 N–H and O–H groups in total. The number of amides is 1. The third-order valence-corrected chi connectivity index (χ3v) is 5.64. The molecule has 1 aliphatic heterocycles. The Morgan fingerprint density at radius 3 is 2.57 bits per heavy atom. The number of aromatic nitrogens is 3. The lowest BCUT2D eigenvalue weighted by molar-refractivity contribution is -0.121. The number of rotatable bonds is 4. The van der Waals surface area contributed by atoms with Gasteiger partial charge in [0.1, 0.15) is 0 Å². The zero-order valence-corrected chi connectivity index (χ0v) is 17.0. The van der Waals surface area contributed by atoms with Crippen LogP contribution in [0.3, 0.4) is 0 Å². The molecule has 1 aliphatic rings. The van der Waals surface area contributed by atoms with Crippen LogP contribution in [0.1, 0.15) is 18.5 Å². The first kappa shape index (κ1) is 18.8. The largest absolute Gasteiger partial charge is 0.351 e. The minimum atomic E-state index is -0.373. The van der Waals surface area contributed by atoms with Crippen molar-refractivity contribution in [2.24, 2.45) is 5.92 Å². The highest BCUT2D eigenvalue weighted by Crippen LogP contribution is 2.37. The quantitative estimate of drug-likeness (QED) is 0.623. The summed E-state index contributed by atoms with van der Waals surface area (Å²) >= 11 is 7.43. The standard InChI is InChI=1S/C20H20ClN5OS/c1-12-16(18(27)23-15-10-8-14(21)9-11-15)17(13-6-4-3-5-7-13)26-19(22-12)24-20(25-26)28-2/h3-12,16-17H,1-2H3,(H,23,27)(H,22,24,25)/t12-,16-,17-/m1/s1. The van der Waals surface area contributed by atoms with Gasteiger partial charge >= 0.3 is 0 Å². The summed E-state index contributed by atoms with van der Waals surface area (Å²) in [6.45, 7) is 2.00. The van der Waals surface area contributed by atoms with Crippen molar-refractivity contribution in [1.82, 2.24) is 14.8 Å². The molecule has 0 unspecified atom stereocenters. The fourth-order valence-corrected chi connectivity index (χ4v) is 4.00. The van der Waals surface area contributed by atoms with Crippen molar-refractivity contribution in [3.63, 3.8) is 0 Å². The van der Waals surface area contributed by atoms with Gasteiger partial charge in [-0.1, -0.05) is 53.7 Å². The van der Waals surface area contributed by atoms with Crippen LogP contribution in [0.15, 0.2) is 59.8 Å². The van der Waals surface area contributed by atoms with Gasteiger partial charge in [0.15, 0.2) is 0 Å². The van der Waals surface area contributed by atoms with Crippen molar-refractivity contribution in [2.45, 2.75) is 24.2 Å². The molecule has 0 bridgehead atoms. The molecule has 28 heavy (non-hydrogen) atoms. The van der Waals surface area contributed by atoms with Crippen LogP contribution in [0.4, 0.5) is 11.6 Å². The lowest BCUT2D eigenvalue weighted by atomic mass is 9.85. The second-order valence-electron chi connectivity index (χ2n) is 6.68. The third-order valence-electron chi connectivity index (χ3n) is 4.85. The Morgan fingerprint density at radius 2 is 1.89 bits per heavy atom. The number of hydrogen-bond donors (Lipinski definition) is 2. The average Bonchev–Trinajstić information content (AvgIpc) is 3.12. The Hall–Kier alpha value is -2.51. The summed E-state index contributed by atoms with van der Waals surface area (Å²) in [6.07, 6.45) is 1.94. The SMILES string of the molecule is CSc1nc2n(n1)[C@H](c1ccccc1)[C@H](C(=O)Nc1ccc(Cl)cc1)[C@@H](C)N2. The van der Waals surface area contributed by atoms with Crippen LogP contribution in [0.5, 0.6) is 0 Å². The first-order valence-corrected chi connectivity index (χ1v) is 10.6. The highest BCUT2D eigenvalue weighted by Gasteiger charge is 2.41.